The van der Waals surface area contributed by atoms with E-state index in [1.165, 1.54) is 0 Å². The highest BCUT2D eigenvalue weighted by Crippen LogP contribution is 2.11. The molecule has 0 fully saturated rings. The minimum absolute atomic E-state index is 0.650. The zero-order valence-corrected chi connectivity index (χ0v) is 8.60. The van der Waals surface area contributed by atoms with Crippen molar-refractivity contribution in [1.29, 1.82) is 0 Å². The van der Waals surface area contributed by atoms with Gasteiger partial charge in [-0.25, -0.2) is 0 Å². The van der Waals surface area contributed by atoms with Gasteiger partial charge in [-0.05, 0) is 17.7 Å². The molecular weight excluding hydrogens is 190 g/mol. The molecular formula is C11H13N3O. The number of aromatic nitrogens is 2. The molecule has 0 unspecified atom stereocenters. The first kappa shape index (κ1) is 9.71. The van der Waals surface area contributed by atoms with Crippen molar-refractivity contribution >= 4 is 5.69 Å². The molecule has 0 saturated heterocycles. The molecule has 0 radical (unpaired) electrons. The third-order valence-corrected chi connectivity index (χ3v) is 2.15. The van der Waals surface area contributed by atoms with Gasteiger partial charge >= 0.3 is 0 Å². The van der Waals surface area contributed by atoms with E-state index in [4.69, 9.17) is 10.2 Å². The van der Waals surface area contributed by atoms with Gasteiger partial charge in [0.15, 0.2) is 0 Å². The lowest BCUT2D eigenvalue weighted by Crippen LogP contribution is -1.90. The van der Waals surface area contributed by atoms with Crippen LogP contribution in [0.4, 0.5) is 5.69 Å². The molecule has 0 aliphatic carbocycles. The molecule has 4 nitrogen and oxygen atoms in total. The third kappa shape index (κ3) is 2.34. The van der Waals surface area contributed by atoms with Crippen LogP contribution >= 0.6 is 0 Å². The van der Waals surface area contributed by atoms with Crippen molar-refractivity contribution in [2.24, 2.45) is 0 Å². The van der Waals surface area contributed by atoms with E-state index in [2.05, 4.69) is 10.2 Å². The maximum absolute atomic E-state index is 5.59. The van der Waals surface area contributed by atoms with Gasteiger partial charge in [-0.3, -0.25) is 0 Å². The SMILES string of the molecule is CCc1nnc(Cc2ccc(N)cc2)o1. The predicted molar refractivity (Wildman–Crippen MR) is 57.3 cm³/mol. The highest BCUT2D eigenvalue weighted by molar-refractivity contribution is 5.39. The Kier molecular flexibility index (Phi) is 2.67. The van der Waals surface area contributed by atoms with Gasteiger partial charge in [0.05, 0.1) is 6.42 Å². The zero-order chi connectivity index (χ0) is 10.7. The molecule has 1 heterocycles. The van der Waals surface area contributed by atoms with Crippen LogP contribution in [-0.2, 0) is 12.8 Å². The summed E-state index contributed by atoms with van der Waals surface area (Å²) >= 11 is 0. The average Bonchev–Trinajstić information content (AvgIpc) is 2.69. The van der Waals surface area contributed by atoms with Crippen LogP contribution in [0, 0.1) is 0 Å². The first-order valence-corrected chi connectivity index (χ1v) is 4.93. The Balaban J connectivity index is 2.11. The molecule has 2 N–H and O–H groups in total. The zero-order valence-electron chi connectivity index (χ0n) is 8.60. The summed E-state index contributed by atoms with van der Waals surface area (Å²) in [6.07, 6.45) is 1.43. The van der Waals surface area contributed by atoms with Gasteiger partial charge in [0, 0.05) is 12.1 Å². The Morgan fingerprint density at radius 2 is 1.80 bits per heavy atom. The number of benzene rings is 1. The number of anilines is 1. The van der Waals surface area contributed by atoms with Gasteiger partial charge < -0.3 is 10.2 Å². The van der Waals surface area contributed by atoms with Crippen LogP contribution in [0.25, 0.3) is 0 Å². The molecule has 78 valence electrons. The van der Waals surface area contributed by atoms with E-state index in [0.29, 0.717) is 18.2 Å². The molecule has 1 aromatic carbocycles. The molecule has 0 bridgehead atoms. The van der Waals surface area contributed by atoms with E-state index >= 15 is 0 Å². The molecule has 1 aromatic heterocycles. The van der Waals surface area contributed by atoms with Crippen LogP contribution in [0.2, 0.25) is 0 Å². The quantitative estimate of drug-likeness (QED) is 0.772. The Labute approximate surface area is 88.1 Å². The van der Waals surface area contributed by atoms with Gasteiger partial charge in [-0.2, -0.15) is 0 Å². The normalized spacial score (nSPS) is 10.5. The molecule has 15 heavy (non-hydrogen) atoms. The van der Waals surface area contributed by atoms with Crippen LogP contribution in [-0.4, -0.2) is 10.2 Å². The molecule has 0 spiro atoms. The summed E-state index contributed by atoms with van der Waals surface area (Å²) in [6, 6.07) is 7.66. The van der Waals surface area contributed by atoms with Gasteiger partial charge in [0.2, 0.25) is 11.8 Å². The molecule has 2 rings (SSSR count). The summed E-state index contributed by atoms with van der Waals surface area (Å²) in [5, 5.41) is 7.86. The fourth-order valence-electron chi connectivity index (χ4n) is 1.31. The number of hydrogen-bond acceptors (Lipinski definition) is 4. The topological polar surface area (TPSA) is 64.9 Å². The van der Waals surface area contributed by atoms with E-state index < -0.39 is 0 Å². The second-order valence-electron chi connectivity index (χ2n) is 3.36. The lowest BCUT2D eigenvalue weighted by molar-refractivity contribution is 0.462. The summed E-state index contributed by atoms with van der Waals surface area (Å²) < 4.78 is 5.41. The number of nitrogen functional groups attached to an aromatic ring is 1. The Morgan fingerprint density at radius 1 is 1.13 bits per heavy atom. The minimum atomic E-state index is 0.650. The molecule has 0 aliphatic heterocycles. The fraction of sp³-hybridized carbons (Fsp3) is 0.273. The molecule has 0 aliphatic rings. The van der Waals surface area contributed by atoms with Crippen molar-refractivity contribution in [2.75, 3.05) is 5.73 Å². The Bertz CT molecular complexity index is 433. The van der Waals surface area contributed by atoms with Crippen molar-refractivity contribution in [2.45, 2.75) is 19.8 Å². The number of aryl methyl sites for hydroxylation is 1. The second-order valence-corrected chi connectivity index (χ2v) is 3.36. The van der Waals surface area contributed by atoms with Crippen molar-refractivity contribution in [3.63, 3.8) is 0 Å². The largest absolute Gasteiger partial charge is 0.425 e. The number of nitrogens with zero attached hydrogens (tertiary/aromatic N) is 2. The van der Waals surface area contributed by atoms with Crippen molar-refractivity contribution in [1.82, 2.24) is 10.2 Å². The standard InChI is InChI=1S/C11H13N3O/c1-2-10-13-14-11(15-10)7-8-3-5-9(12)6-4-8/h3-6H,2,7,12H2,1H3. The second kappa shape index (κ2) is 4.13. The minimum Gasteiger partial charge on any atom is -0.425 e. The summed E-state index contributed by atoms with van der Waals surface area (Å²) in [7, 11) is 0. The lowest BCUT2D eigenvalue weighted by Gasteiger charge is -1.97. The summed E-state index contributed by atoms with van der Waals surface area (Å²) in [5.41, 5.74) is 7.48. The van der Waals surface area contributed by atoms with Crippen LogP contribution in [0.5, 0.6) is 0 Å². The van der Waals surface area contributed by atoms with E-state index in [1.807, 2.05) is 31.2 Å². The van der Waals surface area contributed by atoms with Gasteiger partial charge in [0.1, 0.15) is 0 Å². The first-order chi connectivity index (χ1) is 7.28. The maximum Gasteiger partial charge on any atom is 0.220 e. The van der Waals surface area contributed by atoms with Crippen LogP contribution in [0.15, 0.2) is 28.7 Å². The molecule has 0 amide bonds. The van der Waals surface area contributed by atoms with E-state index in [1.54, 1.807) is 0 Å². The summed E-state index contributed by atoms with van der Waals surface area (Å²) in [5.74, 6) is 1.33. The van der Waals surface area contributed by atoms with Crippen LogP contribution < -0.4 is 5.73 Å². The van der Waals surface area contributed by atoms with Crippen molar-refractivity contribution in [3.8, 4) is 0 Å². The number of hydrogen-bond donors (Lipinski definition) is 1. The van der Waals surface area contributed by atoms with Gasteiger partial charge in [0.25, 0.3) is 0 Å². The van der Waals surface area contributed by atoms with Gasteiger partial charge in [-0.1, -0.05) is 19.1 Å². The van der Waals surface area contributed by atoms with Crippen molar-refractivity contribution < 1.29 is 4.42 Å². The van der Waals surface area contributed by atoms with Crippen LogP contribution in [0.1, 0.15) is 24.3 Å². The monoisotopic (exact) mass is 203 g/mol. The molecule has 4 heteroatoms. The highest BCUT2D eigenvalue weighted by Gasteiger charge is 2.04. The number of nitrogens with two attached hydrogens (primary N) is 1. The molecule has 2 aromatic rings. The molecule has 0 saturated carbocycles. The third-order valence-electron chi connectivity index (χ3n) is 2.15. The first-order valence-electron chi connectivity index (χ1n) is 4.93. The summed E-state index contributed by atoms with van der Waals surface area (Å²) in [6.45, 7) is 1.99. The van der Waals surface area contributed by atoms with E-state index in [9.17, 15) is 0 Å². The number of rotatable bonds is 3. The molecule has 0 atom stereocenters. The smallest absolute Gasteiger partial charge is 0.220 e. The Hall–Kier alpha value is -1.84. The maximum atomic E-state index is 5.59. The Morgan fingerprint density at radius 3 is 2.40 bits per heavy atom. The highest BCUT2D eigenvalue weighted by atomic mass is 16.4. The van der Waals surface area contributed by atoms with Crippen LogP contribution in [0.3, 0.4) is 0 Å². The summed E-state index contributed by atoms with van der Waals surface area (Å²) in [4.78, 5) is 0. The predicted octanol–water partition coefficient (Wildman–Crippen LogP) is 1.80. The van der Waals surface area contributed by atoms with Gasteiger partial charge in [-0.15, -0.1) is 10.2 Å². The van der Waals surface area contributed by atoms with E-state index in [-0.39, 0.29) is 0 Å². The lowest BCUT2D eigenvalue weighted by atomic mass is 10.1. The fourth-order valence-corrected chi connectivity index (χ4v) is 1.31. The van der Waals surface area contributed by atoms with E-state index in [0.717, 1.165) is 17.7 Å². The average molecular weight is 203 g/mol. The van der Waals surface area contributed by atoms with Crippen molar-refractivity contribution in [3.05, 3.63) is 41.6 Å².